The van der Waals surface area contributed by atoms with Gasteiger partial charge in [0.25, 0.3) is 0 Å². The molecule has 388 valence electrons. The number of hydrogen-bond acceptors (Lipinski definition) is 13. The third-order valence-corrected chi connectivity index (χ3v) is 18.8. The zero-order valence-electron chi connectivity index (χ0n) is 43.3. The van der Waals surface area contributed by atoms with Crippen molar-refractivity contribution in [1.82, 2.24) is 0 Å². The highest BCUT2D eigenvalue weighted by Crippen LogP contribution is 2.57. The fraction of sp³-hybridized carbons (Fsp3) is 0.564. The van der Waals surface area contributed by atoms with Gasteiger partial charge in [-0.05, 0) is 150 Å². The van der Waals surface area contributed by atoms with Crippen molar-refractivity contribution in [3.8, 4) is 22.6 Å². The Morgan fingerprint density at radius 1 is 0.507 bits per heavy atom. The Kier molecular flexibility index (Phi) is 22.2. The predicted molar refractivity (Wildman–Crippen MR) is 279 cm³/mol. The van der Waals surface area contributed by atoms with Crippen LogP contribution in [0, 0.1) is 0 Å². The van der Waals surface area contributed by atoms with Gasteiger partial charge in [-0.3, -0.25) is 0 Å². The Morgan fingerprint density at radius 3 is 1.44 bits per heavy atom. The highest BCUT2D eigenvalue weighted by Gasteiger charge is 2.47. The minimum absolute atomic E-state index is 0.0908. The van der Waals surface area contributed by atoms with E-state index in [0.29, 0.717) is 98.4 Å². The number of ether oxygens (including phenoxy) is 4. The SMILES string of the molecule is CCO[Si](OCC)OCCCCc1cc(C2(c3ccc(OCC4CO4)c(CC[Si](OCC)(OCC)OCC)c3)c3ccccc3-c3ccccc32)cc(CCCCO[Si](OCC)OCC)c1OCC1CO1. The van der Waals surface area contributed by atoms with Gasteiger partial charge in [-0.15, -0.1) is 0 Å². The van der Waals surface area contributed by atoms with Crippen LogP contribution in [0.1, 0.15) is 113 Å². The van der Waals surface area contributed by atoms with Crippen molar-refractivity contribution < 1.29 is 58.8 Å². The normalized spacial score (nSPS) is 16.7. The second kappa shape index (κ2) is 28.4. The number of benzene rings is 4. The smallest absolute Gasteiger partial charge is 0.491 e. The molecule has 2 fully saturated rings. The average Bonchev–Trinajstić information content (AvgIpc) is 4.33. The van der Waals surface area contributed by atoms with Crippen LogP contribution in [-0.4, -0.2) is 126 Å². The van der Waals surface area contributed by atoms with Gasteiger partial charge in [0.15, 0.2) is 0 Å². The maximum absolute atomic E-state index is 6.90. The monoisotopic (exact) mass is 1030 g/mol. The molecule has 4 aromatic rings. The Labute approximate surface area is 428 Å². The Balaban J connectivity index is 1.36. The third-order valence-electron chi connectivity index (χ3n) is 12.7. The molecule has 3 aliphatic rings. The molecule has 2 unspecified atom stereocenters. The number of hydrogen-bond donors (Lipinski definition) is 0. The minimum Gasteiger partial charge on any atom is -0.491 e. The summed E-state index contributed by atoms with van der Waals surface area (Å²) < 4.78 is 79.6. The van der Waals surface area contributed by atoms with Crippen molar-refractivity contribution in [2.24, 2.45) is 0 Å². The molecule has 0 saturated carbocycles. The summed E-state index contributed by atoms with van der Waals surface area (Å²) in [6, 6.07) is 30.1. The van der Waals surface area contributed by atoms with Gasteiger partial charge in [0.2, 0.25) is 0 Å². The lowest BCUT2D eigenvalue weighted by Gasteiger charge is -2.36. The molecule has 2 atom stereocenters. The van der Waals surface area contributed by atoms with Gasteiger partial charge >= 0.3 is 27.9 Å². The summed E-state index contributed by atoms with van der Waals surface area (Å²) in [5.74, 6) is 1.78. The first kappa shape index (κ1) is 55.4. The minimum atomic E-state index is -3.03. The molecule has 0 spiro atoms. The number of unbranched alkanes of at least 4 members (excludes halogenated alkanes) is 2. The van der Waals surface area contributed by atoms with Crippen LogP contribution in [0.5, 0.6) is 11.5 Å². The molecule has 13 nitrogen and oxygen atoms in total. The first-order chi connectivity index (χ1) is 34.9. The zero-order valence-corrected chi connectivity index (χ0v) is 46.3. The molecule has 2 radical (unpaired) electrons. The van der Waals surface area contributed by atoms with Crippen LogP contribution in [0.3, 0.4) is 0 Å². The third kappa shape index (κ3) is 14.7. The molecule has 2 heterocycles. The number of aryl methyl sites for hydroxylation is 3. The lowest BCUT2D eigenvalue weighted by molar-refractivity contribution is 0.0713. The van der Waals surface area contributed by atoms with Crippen molar-refractivity contribution in [2.75, 3.05) is 85.9 Å². The molecule has 7 rings (SSSR count). The lowest BCUT2D eigenvalue weighted by atomic mass is 9.66. The molecule has 1 aliphatic carbocycles. The zero-order chi connectivity index (χ0) is 49.9. The molecule has 0 N–H and O–H groups in total. The van der Waals surface area contributed by atoms with Gasteiger partial charge in [-0.1, -0.05) is 72.8 Å². The first-order valence-corrected chi connectivity index (χ1v) is 30.6. The molecular weight excluding hydrogens is 953 g/mol. The van der Waals surface area contributed by atoms with E-state index in [2.05, 4.69) is 78.9 Å². The molecule has 4 aromatic carbocycles. The highest BCUT2D eigenvalue weighted by molar-refractivity contribution is 6.60. The van der Waals surface area contributed by atoms with E-state index in [1.807, 2.05) is 48.5 Å². The van der Waals surface area contributed by atoms with E-state index in [-0.39, 0.29) is 12.2 Å². The molecule has 0 amide bonds. The lowest BCUT2D eigenvalue weighted by Crippen LogP contribution is -2.46. The van der Waals surface area contributed by atoms with E-state index in [9.17, 15) is 0 Å². The second-order valence-electron chi connectivity index (χ2n) is 17.6. The summed E-state index contributed by atoms with van der Waals surface area (Å²) >= 11 is 0. The predicted octanol–water partition coefficient (Wildman–Crippen LogP) is 9.99. The van der Waals surface area contributed by atoms with Crippen LogP contribution in [0.15, 0.2) is 78.9 Å². The van der Waals surface area contributed by atoms with E-state index in [4.69, 9.17) is 58.8 Å². The maximum Gasteiger partial charge on any atom is 0.577 e. The van der Waals surface area contributed by atoms with Crippen LogP contribution in [-0.2, 0) is 74.0 Å². The number of fused-ring (bicyclic) bond motifs is 3. The number of epoxide rings is 2. The van der Waals surface area contributed by atoms with Gasteiger partial charge < -0.3 is 58.8 Å². The van der Waals surface area contributed by atoms with Crippen LogP contribution in [0.4, 0.5) is 0 Å². The average molecular weight is 1030 g/mol. The van der Waals surface area contributed by atoms with Gasteiger partial charge in [0, 0.05) is 65.5 Å². The van der Waals surface area contributed by atoms with Crippen molar-refractivity contribution in [3.05, 3.63) is 118 Å². The largest absolute Gasteiger partial charge is 0.577 e. The Morgan fingerprint density at radius 2 is 0.972 bits per heavy atom. The van der Waals surface area contributed by atoms with Gasteiger partial charge in [0.05, 0.1) is 18.6 Å². The van der Waals surface area contributed by atoms with E-state index in [0.717, 1.165) is 61.2 Å². The van der Waals surface area contributed by atoms with Crippen molar-refractivity contribution in [2.45, 2.75) is 117 Å². The van der Waals surface area contributed by atoms with Crippen LogP contribution < -0.4 is 9.47 Å². The maximum atomic E-state index is 6.90. The summed E-state index contributed by atoms with van der Waals surface area (Å²) in [4.78, 5) is 0. The summed E-state index contributed by atoms with van der Waals surface area (Å²) in [6.07, 6.45) is 5.84. The molecule has 2 saturated heterocycles. The second-order valence-corrected chi connectivity index (χ2v) is 23.1. The molecule has 0 bridgehead atoms. The van der Waals surface area contributed by atoms with E-state index in [1.165, 1.54) is 38.9 Å². The molecule has 16 heteroatoms. The summed E-state index contributed by atoms with van der Waals surface area (Å²) in [5, 5.41) is 0. The molecule has 0 aromatic heterocycles. The quantitative estimate of drug-likeness (QED) is 0.0213. The fourth-order valence-corrected chi connectivity index (χ4v) is 14.2. The highest BCUT2D eigenvalue weighted by atomic mass is 28.4. The van der Waals surface area contributed by atoms with Gasteiger partial charge in [0.1, 0.15) is 36.9 Å². The molecule has 2 aliphatic heterocycles. The standard InChI is InChI=1S/C55H78O13Si3/c1-8-60-69(61-9-2)64-32-21-19-23-43-36-46(37-44(54(43)59-41-48-39-57-48)24-20-22-33-65-70(62-10-3)63-11-4)55(51-27-17-15-25-49(51)50-26-16-18-28-52(50)55)45-29-30-53(58-40-47-38-56-47)42(35-45)31-34-71(66-12-5,67-13-6)68-14-7/h15-18,25-30,35-37,47-48H,8-14,19-24,31-34,38-41H2,1-7H3. The Bertz CT molecular complexity index is 2100. The summed E-state index contributed by atoms with van der Waals surface area (Å²) in [7, 11) is -6.60. The summed E-state index contributed by atoms with van der Waals surface area (Å²) in [5.41, 5.74) is 9.94. The fourth-order valence-electron chi connectivity index (χ4n) is 9.54. The topological polar surface area (TPSA) is 127 Å². The van der Waals surface area contributed by atoms with Crippen LogP contribution in [0.25, 0.3) is 11.1 Å². The molecular formula is C55H78O13Si3. The van der Waals surface area contributed by atoms with Crippen molar-refractivity contribution in [3.63, 3.8) is 0 Å². The van der Waals surface area contributed by atoms with E-state index < -0.39 is 33.3 Å². The van der Waals surface area contributed by atoms with Crippen molar-refractivity contribution in [1.29, 1.82) is 0 Å². The van der Waals surface area contributed by atoms with Gasteiger partial charge in [-0.2, -0.15) is 0 Å². The van der Waals surface area contributed by atoms with E-state index >= 15 is 0 Å². The van der Waals surface area contributed by atoms with E-state index in [1.54, 1.807) is 0 Å². The van der Waals surface area contributed by atoms with Gasteiger partial charge in [-0.25, -0.2) is 0 Å². The Hall–Kier alpha value is -3.31. The first-order valence-electron chi connectivity index (χ1n) is 26.3. The molecule has 71 heavy (non-hydrogen) atoms. The number of rotatable bonds is 37. The van der Waals surface area contributed by atoms with Crippen molar-refractivity contribution >= 4 is 27.9 Å². The van der Waals surface area contributed by atoms with Crippen LogP contribution >= 0.6 is 0 Å². The van der Waals surface area contributed by atoms with Crippen LogP contribution in [0.2, 0.25) is 6.04 Å². The summed E-state index contributed by atoms with van der Waals surface area (Å²) in [6.45, 7) is 21.2.